The summed E-state index contributed by atoms with van der Waals surface area (Å²) in [6.45, 7) is 8.14. The zero-order chi connectivity index (χ0) is 11.7. The summed E-state index contributed by atoms with van der Waals surface area (Å²) >= 11 is 0. The first-order chi connectivity index (χ1) is 6.36. The van der Waals surface area contributed by atoms with E-state index >= 15 is 0 Å². The van der Waals surface area contributed by atoms with Gasteiger partial charge in [-0.25, -0.2) is 0 Å². The lowest BCUT2D eigenvalue weighted by Gasteiger charge is -2.10. The van der Waals surface area contributed by atoms with Crippen molar-refractivity contribution in [2.45, 2.75) is 39.8 Å². The molecule has 0 amide bonds. The Morgan fingerprint density at radius 1 is 0.786 bits per heavy atom. The van der Waals surface area contributed by atoms with Crippen LogP contribution < -0.4 is 11.5 Å². The molecule has 14 heavy (non-hydrogen) atoms. The average molecular weight is 206 g/mol. The van der Waals surface area contributed by atoms with Gasteiger partial charge in [-0.3, -0.25) is 0 Å². The van der Waals surface area contributed by atoms with Gasteiger partial charge >= 0.3 is 0 Å². The number of aliphatic hydroxyl groups is 2. The molecule has 88 valence electrons. The van der Waals surface area contributed by atoms with Crippen molar-refractivity contribution in [1.29, 1.82) is 0 Å². The summed E-state index contributed by atoms with van der Waals surface area (Å²) < 4.78 is 0. The summed E-state index contributed by atoms with van der Waals surface area (Å²) in [7, 11) is 0. The maximum absolute atomic E-state index is 8.38. The maximum atomic E-state index is 8.38. The van der Waals surface area contributed by atoms with Gasteiger partial charge in [-0.05, 0) is 11.8 Å². The lowest BCUT2D eigenvalue weighted by atomic mass is 10.1. The lowest BCUT2D eigenvalue weighted by molar-refractivity contribution is 0.238. The van der Waals surface area contributed by atoms with Crippen LogP contribution >= 0.6 is 0 Å². The number of nitrogens with two attached hydrogens (primary N) is 2. The Labute approximate surface area is 87.3 Å². The number of aliphatic hydroxyl groups excluding tert-OH is 2. The maximum Gasteiger partial charge on any atom is 0.0585 e. The van der Waals surface area contributed by atoms with Crippen molar-refractivity contribution in [1.82, 2.24) is 0 Å². The predicted molar refractivity (Wildman–Crippen MR) is 59.8 cm³/mol. The first-order valence-electron chi connectivity index (χ1n) is 5.09. The summed E-state index contributed by atoms with van der Waals surface area (Å²) in [5, 5.41) is 16.8. The molecule has 2 atom stereocenters. The quantitative estimate of drug-likeness (QED) is 0.518. The topological polar surface area (TPSA) is 92.5 Å². The molecule has 0 aliphatic heterocycles. The van der Waals surface area contributed by atoms with Gasteiger partial charge in [0, 0.05) is 12.1 Å². The van der Waals surface area contributed by atoms with E-state index in [9.17, 15) is 0 Å². The summed E-state index contributed by atoms with van der Waals surface area (Å²) in [4.78, 5) is 0. The molecule has 0 radical (unpaired) electrons. The van der Waals surface area contributed by atoms with Crippen LogP contribution in [0.4, 0.5) is 0 Å². The fourth-order valence-corrected chi connectivity index (χ4v) is 0.422. The Morgan fingerprint density at radius 3 is 1.00 bits per heavy atom. The molecule has 0 rings (SSSR count). The van der Waals surface area contributed by atoms with E-state index in [0.29, 0.717) is 11.8 Å². The van der Waals surface area contributed by atoms with Gasteiger partial charge in [-0.15, -0.1) is 0 Å². The van der Waals surface area contributed by atoms with E-state index in [4.69, 9.17) is 21.7 Å². The highest BCUT2D eigenvalue weighted by atomic mass is 16.3. The zero-order valence-electron chi connectivity index (χ0n) is 9.77. The van der Waals surface area contributed by atoms with Gasteiger partial charge in [0.2, 0.25) is 0 Å². The van der Waals surface area contributed by atoms with E-state index in [-0.39, 0.29) is 25.3 Å². The van der Waals surface area contributed by atoms with E-state index < -0.39 is 0 Å². The number of hydrogen-bond donors (Lipinski definition) is 4. The molecule has 6 N–H and O–H groups in total. The van der Waals surface area contributed by atoms with Crippen LogP contribution in [0.1, 0.15) is 27.7 Å². The Balaban J connectivity index is 0. The normalized spacial score (nSPS) is 15.0. The number of rotatable bonds is 4. The molecule has 0 heterocycles. The van der Waals surface area contributed by atoms with Gasteiger partial charge in [0.1, 0.15) is 0 Å². The van der Waals surface area contributed by atoms with Crippen molar-refractivity contribution in [3.63, 3.8) is 0 Å². The lowest BCUT2D eigenvalue weighted by Crippen LogP contribution is -2.29. The van der Waals surface area contributed by atoms with Gasteiger partial charge in [0.05, 0.1) is 13.2 Å². The molecule has 0 aromatic carbocycles. The van der Waals surface area contributed by atoms with E-state index in [2.05, 4.69) is 0 Å². The van der Waals surface area contributed by atoms with Gasteiger partial charge in [0.25, 0.3) is 0 Å². The summed E-state index contributed by atoms with van der Waals surface area (Å²) in [5.41, 5.74) is 10.7. The second-order valence-corrected chi connectivity index (χ2v) is 4.18. The van der Waals surface area contributed by atoms with Crippen molar-refractivity contribution in [2.24, 2.45) is 23.3 Å². The molecule has 0 aromatic rings. The fourth-order valence-electron chi connectivity index (χ4n) is 0.422. The molecule has 0 unspecified atom stereocenters. The van der Waals surface area contributed by atoms with Crippen molar-refractivity contribution < 1.29 is 10.2 Å². The van der Waals surface area contributed by atoms with Gasteiger partial charge in [-0.2, -0.15) is 0 Å². The molecule has 0 saturated carbocycles. The summed E-state index contributed by atoms with van der Waals surface area (Å²) in [5.74, 6) is 0.787. The second-order valence-electron chi connectivity index (χ2n) is 4.18. The van der Waals surface area contributed by atoms with Crippen LogP contribution in [0.25, 0.3) is 0 Å². The highest BCUT2D eigenvalue weighted by Gasteiger charge is 2.03. The molecule has 0 aromatic heterocycles. The van der Waals surface area contributed by atoms with E-state index in [1.807, 2.05) is 27.7 Å². The van der Waals surface area contributed by atoms with Crippen LogP contribution in [-0.2, 0) is 0 Å². The first kappa shape index (κ1) is 16.3. The first-order valence-corrected chi connectivity index (χ1v) is 5.09. The minimum atomic E-state index is -0.0417. The Morgan fingerprint density at radius 2 is 1.00 bits per heavy atom. The molecule has 0 aliphatic carbocycles. The van der Waals surface area contributed by atoms with Crippen LogP contribution in [0.2, 0.25) is 0 Å². The monoisotopic (exact) mass is 206 g/mol. The number of hydrogen-bond acceptors (Lipinski definition) is 4. The van der Waals surface area contributed by atoms with Gasteiger partial charge < -0.3 is 21.7 Å². The van der Waals surface area contributed by atoms with Crippen LogP contribution in [0, 0.1) is 11.8 Å². The van der Waals surface area contributed by atoms with Gasteiger partial charge in [0.15, 0.2) is 0 Å². The average Bonchev–Trinajstić information content (AvgIpc) is 2.15. The van der Waals surface area contributed by atoms with Crippen LogP contribution in [0.5, 0.6) is 0 Å². The highest BCUT2D eigenvalue weighted by Crippen LogP contribution is 1.95. The van der Waals surface area contributed by atoms with Crippen molar-refractivity contribution in [2.75, 3.05) is 13.2 Å². The van der Waals surface area contributed by atoms with E-state index in [1.54, 1.807) is 0 Å². The summed E-state index contributed by atoms with van der Waals surface area (Å²) in [6, 6.07) is -0.0833. The Hall–Kier alpha value is -0.160. The molecular weight excluding hydrogens is 180 g/mol. The van der Waals surface area contributed by atoms with Crippen LogP contribution in [-0.4, -0.2) is 35.5 Å². The molecule has 0 fully saturated rings. The predicted octanol–water partition coefficient (Wildman–Crippen LogP) is -0.0760. The third-order valence-corrected chi connectivity index (χ3v) is 2.13. The molecule has 0 saturated heterocycles. The Bertz CT molecular complexity index is 105. The van der Waals surface area contributed by atoms with Crippen LogP contribution in [0.3, 0.4) is 0 Å². The standard InChI is InChI=1S/2C5H13NO/c2*1-4(2)5(6)3-7/h2*4-5,7H,3,6H2,1-2H3/t2*5-/m00/s1. The largest absolute Gasteiger partial charge is 0.395 e. The second kappa shape index (κ2) is 9.40. The van der Waals surface area contributed by atoms with E-state index in [1.165, 1.54) is 0 Å². The van der Waals surface area contributed by atoms with Crippen molar-refractivity contribution in [3.8, 4) is 0 Å². The summed E-state index contributed by atoms with van der Waals surface area (Å²) in [6.07, 6.45) is 0. The zero-order valence-corrected chi connectivity index (χ0v) is 9.77. The molecule has 0 spiro atoms. The molecule has 0 bridgehead atoms. The van der Waals surface area contributed by atoms with Crippen molar-refractivity contribution in [3.05, 3.63) is 0 Å². The van der Waals surface area contributed by atoms with Crippen LogP contribution in [0.15, 0.2) is 0 Å². The Kier molecular flexibility index (Phi) is 10.9. The highest BCUT2D eigenvalue weighted by molar-refractivity contribution is 4.61. The third kappa shape index (κ3) is 9.92. The van der Waals surface area contributed by atoms with Gasteiger partial charge in [-0.1, -0.05) is 27.7 Å². The molecule has 0 aliphatic rings. The van der Waals surface area contributed by atoms with Crippen molar-refractivity contribution >= 4 is 0 Å². The molecular formula is C10H26N2O2. The smallest absolute Gasteiger partial charge is 0.0585 e. The molecule has 4 heteroatoms. The fraction of sp³-hybridized carbons (Fsp3) is 1.00. The van der Waals surface area contributed by atoms with E-state index in [0.717, 1.165) is 0 Å². The minimum absolute atomic E-state index is 0.0417. The minimum Gasteiger partial charge on any atom is -0.395 e. The third-order valence-electron chi connectivity index (χ3n) is 2.13. The molecule has 4 nitrogen and oxygen atoms in total. The SMILES string of the molecule is CC(C)[C@@H](N)CO.CC(C)[C@@H](N)CO.